The van der Waals surface area contributed by atoms with Gasteiger partial charge in [0.05, 0.1) is 0 Å². The Bertz CT molecular complexity index is 348. The first-order chi connectivity index (χ1) is 9.30. The Morgan fingerprint density at radius 2 is 1.90 bits per heavy atom. The lowest BCUT2D eigenvalue weighted by molar-refractivity contribution is -0.129. The molecule has 3 nitrogen and oxygen atoms in total. The molecule has 1 amide bonds. The number of alkyl halides is 2. The van der Waals surface area contributed by atoms with Gasteiger partial charge in [0.2, 0.25) is 11.8 Å². The molecular weight excluding hydrogens is 262 g/mol. The van der Waals surface area contributed by atoms with Crippen LogP contribution in [0.3, 0.4) is 0 Å². The average molecular weight is 288 g/mol. The highest BCUT2D eigenvalue weighted by atomic mass is 19.3. The van der Waals surface area contributed by atoms with E-state index in [1.54, 1.807) is 0 Å². The molecule has 1 aliphatic heterocycles. The maximum Gasteiger partial charge on any atom is 0.248 e. The highest BCUT2D eigenvalue weighted by Crippen LogP contribution is 2.36. The van der Waals surface area contributed by atoms with E-state index < -0.39 is 5.92 Å². The molecule has 116 valence electrons. The van der Waals surface area contributed by atoms with Crippen molar-refractivity contribution in [3.63, 3.8) is 0 Å². The molecule has 5 heteroatoms. The Morgan fingerprint density at radius 3 is 2.50 bits per heavy atom. The van der Waals surface area contributed by atoms with Gasteiger partial charge in [-0.2, -0.15) is 0 Å². The van der Waals surface area contributed by atoms with Crippen molar-refractivity contribution in [1.29, 1.82) is 0 Å². The third-order valence-corrected chi connectivity index (χ3v) is 4.90. The molecule has 2 fully saturated rings. The van der Waals surface area contributed by atoms with Gasteiger partial charge in [-0.25, -0.2) is 8.78 Å². The zero-order valence-electron chi connectivity index (χ0n) is 12.5. The van der Waals surface area contributed by atoms with Crippen molar-refractivity contribution in [2.75, 3.05) is 13.1 Å². The summed E-state index contributed by atoms with van der Waals surface area (Å²) in [7, 11) is 0. The first-order valence-corrected chi connectivity index (χ1v) is 7.69. The Balaban J connectivity index is 1.78. The first-order valence-electron chi connectivity index (χ1n) is 7.69. The maximum atomic E-state index is 13.1. The molecule has 0 bridgehead atoms. The first kappa shape index (κ1) is 15.7. The van der Waals surface area contributed by atoms with Crippen molar-refractivity contribution >= 4 is 5.91 Å². The molecule has 0 aromatic rings. The highest BCUT2D eigenvalue weighted by molar-refractivity contribution is 5.78. The molecule has 1 aliphatic carbocycles. The van der Waals surface area contributed by atoms with Crippen molar-refractivity contribution in [3.05, 3.63) is 0 Å². The van der Waals surface area contributed by atoms with Crippen molar-refractivity contribution < 1.29 is 13.6 Å². The van der Waals surface area contributed by atoms with Crippen molar-refractivity contribution in [1.82, 2.24) is 10.6 Å². The molecule has 1 heterocycles. The zero-order valence-corrected chi connectivity index (χ0v) is 12.5. The van der Waals surface area contributed by atoms with Crippen LogP contribution in [0.4, 0.5) is 8.78 Å². The topological polar surface area (TPSA) is 41.1 Å². The molecule has 0 aromatic carbocycles. The van der Waals surface area contributed by atoms with Crippen molar-refractivity contribution in [2.45, 2.75) is 64.3 Å². The van der Waals surface area contributed by atoms with Gasteiger partial charge in [0.25, 0.3) is 0 Å². The SMILES string of the molecule is CC1(C)CCCNC1CNC(=O)C1CCC(F)(F)CC1. The Hall–Kier alpha value is -0.710. The van der Waals surface area contributed by atoms with Gasteiger partial charge in [-0.1, -0.05) is 13.8 Å². The summed E-state index contributed by atoms with van der Waals surface area (Å²) in [6.07, 6.45) is 2.61. The van der Waals surface area contributed by atoms with Crippen LogP contribution in [0.5, 0.6) is 0 Å². The van der Waals surface area contributed by atoms with E-state index in [1.807, 2.05) is 0 Å². The fraction of sp³-hybridized carbons (Fsp3) is 0.933. The second kappa shape index (κ2) is 5.96. The molecule has 0 spiro atoms. The van der Waals surface area contributed by atoms with E-state index in [4.69, 9.17) is 0 Å². The van der Waals surface area contributed by atoms with E-state index in [0.29, 0.717) is 19.4 Å². The molecule has 2 aliphatic rings. The number of nitrogens with one attached hydrogen (secondary N) is 2. The van der Waals surface area contributed by atoms with Crippen LogP contribution in [0.25, 0.3) is 0 Å². The molecule has 2 N–H and O–H groups in total. The molecule has 1 saturated carbocycles. The molecule has 2 rings (SSSR count). The monoisotopic (exact) mass is 288 g/mol. The summed E-state index contributed by atoms with van der Waals surface area (Å²) in [6, 6.07) is 0.269. The second-order valence-electron chi connectivity index (χ2n) is 6.97. The van der Waals surface area contributed by atoms with E-state index in [1.165, 1.54) is 0 Å². The van der Waals surface area contributed by atoms with E-state index >= 15 is 0 Å². The lowest BCUT2D eigenvalue weighted by atomic mass is 9.77. The average Bonchev–Trinajstić information content (AvgIpc) is 2.36. The molecule has 1 unspecified atom stereocenters. The summed E-state index contributed by atoms with van der Waals surface area (Å²) in [5.41, 5.74) is 0.172. The Morgan fingerprint density at radius 1 is 1.25 bits per heavy atom. The number of rotatable bonds is 3. The van der Waals surface area contributed by atoms with Gasteiger partial charge in [-0.3, -0.25) is 4.79 Å². The summed E-state index contributed by atoms with van der Waals surface area (Å²) in [5.74, 6) is -2.85. The molecule has 20 heavy (non-hydrogen) atoms. The summed E-state index contributed by atoms with van der Waals surface area (Å²) in [6.45, 7) is 5.99. The summed E-state index contributed by atoms with van der Waals surface area (Å²) < 4.78 is 26.2. The van der Waals surface area contributed by atoms with Gasteiger partial charge in [0, 0.05) is 31.3 Å². The second-order valence-corrected chi connectivity index (χ2v) is 6.97. The van der Waals surface area contributed by atoms with E-state index in [0.717, 1.165) is 19.4 Å². The maximum absolute atomic E-state index is 13.1. The smallest absolute Gasteiger partial charge is 0.248 e. The lowest BCUT2D eigenvalue weighted by Crippen LogP contribution is -2.53. The van der Waals surface area contributed by atoms with Crippen molar-refractivity contribution in [2.24, 2.45) is 11.3 Å². The summed E-state index contributed by atoms with van der Waals surface area (Å²) in [5, 5.41) is 6.40. The van der Waals surface area contributed by atoms with Gasteiger partial charge in [0.1, 0.15) is 0 Å². The van der Waals surface area contributed by atoms with E-state index in [9.17, 15) is 13.6 Å². The van der Waals surface area contributed by atoms with Gasteiger partial charge in [-0.05, 0) is 37.6 Å². The molecule has 1 atom stereocenters. The van der Waals surface area contributed by atoms with Crippen molar-refractivity contribution in [3.8, 4) is 0 Å². The minimum Gasteiger partial charge on any atom is -0.354 e. The molecule has 0 aromatic heterocycles. The van der Waals surface area contributed by atoms with Gasteiger partial charge in [-0.15, -0.1) is 0 Å². The van der Waals surface area contributed by atoms with Gasteiger partial charge < -0.3 is 10.6 Å². The van der Waals surface area contributed by atoms with Crippen LogP contribution in [0.15, 0.2) is 0 Å². The molecule has 0 radical (unpaired) electrons. The third kappa shape index (κ3) is 3.90. The minimum atomic E-state index is -2.57. The Labute approximate surface area is 119 Å². The van der Waals surface area contributed by atoms with Crippen LogP contribution < -0.4 is 10.6 Å². The number of carbonyl (C=O) groups is 1. The fourth-order valence-corrected chi connectivity index (χ4v) is 3.27. The largest absolute Gasteiger partial charge is 0.354 e. The Kier molecular flexibility index (Phi) is 4.67. The quantitative estimate of drug-likeness (QED) is 0.838. The van der Waals surface area contributed by atoms with Crippen LogP contribution in [-0.2, 0) is 4.79 Å². The molecule has 1 saturated heterocycles. The fourth-order valence-electron chi connectivity index (χ4n) is 3.27. The zero-order chi connectivity index (χ0) is 14.8. The molecular formula is C15H26F2N2O. The summed E-state index contributed by atoms with van der Waals surface area (Å²) >= 11 is 0. The number of hydrogen-bond donors (Lipinski definition) is 2. The van der Waals surface area contributed by atoms with Crippen LogP contribution in [0, 0.1) is 11.3 Å². The highest BCUT2D eigenvalue weighted by Gasteiger charge is 2.38. The number of amides is 1. The van der Waals surface area contributed by atoms with Crippen LogP contribution in [0.1, 0.15) is 52.4 Å². The van der Waals surface area contributed by atoms with E-state index in [-0.39, 0.29) is 36.1 Å². The van der Waals surface area contributed by atoms with Crippen LogP contribution >= 0.6 is 0 Å². The predicted octanol–water partition coefficient (Wildman–Crippen LogP) is 2.71. The predicted molar refractivity (Wildman–Crippen MR) is 74.7 cm³/mol. The summed E-state index contributed by atoms with van der Waals surface area (Å²) in [4.78, 5) is 12.1. The number of hydrogen-bond acceptors (Lipinski definition) is 2. The van der Waals surface area contributed by atoms with Crippen LogP contribution in [0.2, 0.25) is 0 Å². The number of piperidine rings is 1. The van der Waals surface area contributed by atoms with Gasteiger partial charge in [0.15, 0.2) is 0 Å². The third-order valence-electron chi connectivity index (χ3n) is 4.90. The lowest BCUT2D eigenvalue weighted by Gasteiger charge is -2.39. The minimum absolute atomic E-state index is 0.0522. The number of carbonyl (C=O) groups excluding carboxylic acids is 1. The normalized spacial score (nSPS) is 29.9. The standard InChI is InChI=1S/C15H26F2N2O/c1-14(2)6-3-9-18-12(14)10-19-13(20)11-4-7-15(16,17)8-5-11/h11-12,18H,3-10H2,1-2H3,(H,19,20). The number of halogens is 2. The van der Waals surface area contributed by atoms with E-state index in [2.05, 4.69) is 24.5 Å². The van der Waals surface area contributed by atoms with Gasteiger partial charge >= 0.3 is 0 Å². The van der Waals surface area contributed by atoms with Crippen LogP contribution in [-0.4, -0.2) is 31.0 Å².